The minimum absolute atomic E-state index is 0.00196. The number of nitrogens with one attached hydrogen (secondary N) is 1. The van der Waals surface area contributed by atoms with E-state index >= 15 is 4.79 Å². The van der Waals surface area contributed by atoms with Crippen molar-refractivity contribution in [1.82, 2.24) is 5.32 Å². The number of fused-ring (bicyclic) bond motifs is 4. The van der Waals surface area contributed by atoms with Gasteiger partial charge in [-0.1, -0.05) is 50.6 Å². The van der Waals surface area contributed by atoms with E-state index in [9.17, 15) is 49.7 Å². The average Bonchev–Trinajstić information content (AvgIpc) is 1.68. The van der Waals surface area contributed by atoms with Crippen LogP contribution in [0.5, 0.6) is 0 Å². The number of carbonyl (C=O) groups is 5. The molecule has 7 fully saturated rings. The first kappa shape index (κ1) is 70.7. The zero-order chi connectivity index (χ0) is 67.5. The van der Waals surface area contributed by atoms with Gasteiger partial charge in [0, 0.05) is 68.1 Å². The Kier molecular flexibility index (Phi) is 21.4. The van der Waals surface area contributed by atoms with E-state index in [1.165, 1.54) is 19.9 Å². The molecule has 6 aliphatic heterocycles. The number of carbonyl (C=O) groups excluding carboxylic acids is 5. The van der Waals surface area contributed by atoms with E-state index < -0.39 is 210 Å². The topological polar surface area (TPSA) is 341 Å². The fourth-order valence-electron chi connectivity index (χ4n) is 16.9. The molecule has 0 radical (unpaired) electrons. The van der Waals surface area contributed by atoms with Crippen LogP contribution >= 0.6 is 0 Å². The van der Waals surface area contributed by atoms with Gasteiger partial charge in [-0.25, -0.2) is 9.59 Å². The molecule has 6 heterocycles. The molecule has 93 heavy (non-hydrogen) atoms. The lowest BCUT2D eigenvalue weighted by molar-refractivity contribution is -0.584. The Labute approximate surface area is 542 Å². The number of aldehydes is 1. The minimum Gasteiger partial charge on any atom is -0.511 e. The van der Waals surface area contributed by atoms with Crippen LogP contribution in [0.4, 0.5) is 4.79 Å². The summed E-state index contributed by atoms with van der Waals surface area (Å²) in [5, 5.41) is 62.0. The van der Waals surface area contributed by atoms with Crippen molar-refractivity contribution < 1.29 is 111 Å². The zero-order valence-corrected chi connectivity index (χ0v) is 55.4. The predicted octanol–water partition coefficient (Wildman–Crippen LogP) is 6.36. The highest BCUT2D eigenvalue weighted by Gasteiger charge is 2.65. The number of amides is 1. The number of hydrogen-bond donors (Lipinski definition) is 5. The van der Waals surface area contributed by atoms with Crippen LogP contribution in [0.25, 0.3) is 0 Å². The molecule has 1 saturated carbocycles. The van der Waals surface area contributed by atoms with E-state index in [0.717, 1.165) is 7.11 Å². The molecule has 0 aromatic rings. The van der Waals surface area contributed by atoms with Gasteiger partial charge in [0.15, 0.2) is 43.2 Å². The highest BCUT2D eigenvalue weighted by atomic mass is 16.8. The molecular formula is C67H96N2O24. The molecule has 2 bridgehead atoms. The van der Waals surface area contributed by atoms with Crippen LogP contribution in [0.1, 0.15) is 147 Å². The van der Waals surface area contributed by atoms with Crippen molar-refractivity contribution in [2.75, 3.05) is 7.11 Å². The third kappa shape index (κ3) is 14.0. The molecule has 1 spiro atoms. The summed E-state index contributed by atoms with van der Waals surface area (Å²) < 4.78 is 81.5. The summed E-state index contributed by atoms with van der Waals surface area (Å²) in [7, 11) is 1.15. The number of allylic oxidation sites excluding steroid dienone is 3. The maximum absolute atomic E-state index is 15.6. The molecule has 10 rings (SSSR count). The van der Waals surface area contributed by atoms with Gasteiger partial charge in [0.2, 0.25) is 11.3 Å². The molecule has 26 nitrogen and oxygen atoms in total. The van der Waals surface area contributed by atoms with Crippen molar-refractivity contribution in [3.8, 4) is 0 Å². The quantitative estimate of drug-likeness (QED) is 0.0240. The Hall–Kier alpha value is -5.07. The standard InChI is InChI=1S/C67H96N2O24/c1-30-14-18-47(88-54-28-65(11,69(79)80)60(38(9)86-54)68-64(78)81-13)31(2)23-43-45(73)24-40(29-70)27-67(43)62(76)55(63(77)93-67)61(75)66(12)42(30)16-15-41-56(66)32(3)22-33(4)57(41)92-53-26-49(59(37(8)85-53)87-39(10)71)90-50-21-19-48(35(6)83-50)89-52-25-46(74)58(36(7)84-52)91-51-20-17-44(72)34(5)82-51/h14-16,23-24,29,32-38,41-54,56-60,72-75H,17-22,25-28H2,1-13H3,(H,68,78)/b30-14+,31-23+,61-55?/t32-,33-,34?,35?,36?,37?,38?,41-,42-,43+,44?,45-,46?,47-,48?,49?,50?,51?,52?,53?,54?,56+,57-,58?,59?,60?,65?,66+,67-/m0/s1. The zero-order valence-electron chi connectivity index (χ0n) is 55.4. The fraction of sp³-hybridized carbons (Fsp3) is 0.776. The summed E-state index contributed by atoms with van der Waals surface area (Å²) in [6.07, 6.45) is -4.21. The van der Waals surface area contributed by atoms with Crippen molar-refractivity contribution >= 4 is 30.1 Å². The molecule has 0 aromatic heterocycles. The molecule has 5 N–H and O–H groups in total. The molecule has 0 aromatic carbocycles. The van der Waals surface area contributed by atoms with E-state index in [2.05, 4.69) is 25.2 Å². The number of methoxy groups -OCH3 is 1. The van der Waals surface area contributed by atoms with Gasteiger partial charge < -0.3 is 87.3 Å². The summed E-state index contributed by atoms with van der Waals surface area (Å²) in [6, 6.07) is -1.12. The van der Waals surface area contributed by atoms with Gasteiger partial charge in [-0.2, -0.15) is 0 Å². The molecule has 26 heteroatoms. The Morgan fingerprint density at radius 1 is 0.720 bits per heavy atom. The van der Waals surface area contributed by atoms with Gasteiger partial charge in [-0.3, -0.25) is 24.5 Å². The number of hydrogen-bond acceptors (Lipinski definition) is 24. The van der Waals surface area contributed by atoms with Crippen molar-refractivity contribution in [1.29, 1.82) is 0 Å². The second-order valence-electron chi connectivity index (χ2n) is 28.2. The van der Waals surface area contributed by atoms with Crippen molar-refractivity contribution in [3.63, 3.8) is 0 Å². The number of aliphatic hydroxyl groups excluding tert-OH is 4. The van der Waals surface area contributed by atoms with E-state index in [4.69, 9.17) is 61.6 Å². The molecule has 4 aliphatic carbocycles. The van der Waals surface area contributed by atoms with Gasteiger partial charge in [-0.15, -0.1) is 0 Å². The SMILES string of the molecule is COC(=O)NC1C(C)OC(O[C@H]2C/C=C(\C)[C@@H]3C=C[C@@H]4[C@@H](OC5CC(OC6CCC(OC7CC(O)C(OC8CCC(O)C(C)O8)C(C)O7)C(C)O6)C(OC(C)=O)C(C)O5)[C@@H](C)C[C@H](C)[C@H]4[C@]3(C)C(O)=C3C(=O)O[C@]4(CC(C=O)=C[C@H](O)[C@H]4/C=C/2C)C3=O)CC1(C)[N+](=O)[O-]. The van der Waals surface area contributed by atoms with Crippen LogP contribution in [-0.2, 0) is 80.8 Å². The minimum atomic E-state index is -2.20. The molecule has 518 valence electrons. The number of aliphatic hydroxyl groups is 4. The van der Waals surface area contributed by atoms with Crippen LogP contribution in [0.15, 0.2) is 58.4 Å². The maximum Gasteiger partial charge on any atom is 0.407 e. The highest BCUT2D eigenvalue weighted by Crippen LogP contribution is 2.61. The highest BCUT2D eigenvalue weighted by molar-refractivity contribution is 6.26. The summed E-state index contributed by atoms with van der Waals surface area (Å²) >= 11 is 0. The first-order chi connectivity index (χ1) is 43.9. The summed E-state index contributed by atoms with van der Waals surface area (Å²) in [5.41, 5.74) is -4.91. The van der Waals surface area contributed by atoms with E-state index in [0.29, 0.717) is 49.5 Å². The van der Waals surface area contributed by atoms with E-state index in [1.807, 2.05) is 39.8 Å². The maximum atomic E-state index is 15.6. The average molecular weight is 1310 g/mol. The van der Waals surface area contributed by atoms with Gasteiger partial charge in [0.1, 0.15) is 35.9 Å². The van der Waals surface area contributed by atoms with Crippen LogP contribution in [-0.4, -0.2) is 197 Å². The van der Waals surface area contributed by atoms with Gasteiger partial charge >= 0.3 is 18.0 Å². The fourth-order valence-corrected chi connectivity index (χ4v) is 16.9. The number of nitro groups is 1. The smallest absolute Gasteiger partial charge is 0.407 e. The Bertz CT molecular complexity index is 2960. The van der Waals surface area contributed by atoms with Crippen molar-refractivity contribution in [2.45, 2.75) is 281 Å². The number of ketones is 1. The number of alkyl carbamates (subject to hydrolysis) is 1. The van der Waals surface area contributed by atoms with Gasteiger partial charge in [0.25, 0.3) is 0 Å². The number of Topliss-reactive ketones (excluding diaryl/α,β-unsaturated/α-hetero) is 1. The van der Waals surface area contributed by atoms with Crippen LogP contribution in [0.2, 0.25) is 0 Å². The van der Waals surface area contributed by atoms with Gasteiger partial charge in [-0.05, 0) is 109 Å². The Balaban J connectivity index is 0.904. The van der Waals surface area contributed by atoms with E-state index in [-0.39, 0.29) is 43.1 Å². The van der Waals surface area contributed by atoms with Crippen LogP contribution < -0.4 is 5.32 Å². The van der Waals surface area contributed by atoms with Crippen LogP contribution in [0, 0.1) is 51.0 Å². The molecule has 6 saturated heterocycles. The van der Waals surface area contributed by atoms with Crippen molar-refractivity contribution in [3.05, 3.63) is 68.5 Å². The second kappa shape index (κ2) is 28.2. The lowest BCUT2D eigenvalue weighted by Gasteiger charge is -2.56. The van der Waals surface area contributed by atoms with Crippen molar-refractivity contribution in [2.24, 2.45) is 40.9 Å². The lowest BCUT2D eigenvalue weighted by atomic mass is 9.49. The normalized spacial score (nSPS) is 47.4. The molecular weight excluding hydrogens is 1220 g/mol. The van der Waals surface area contributed by atoms with E-state index in [1.54, 1.807) is 33.8 Å². The number of ether oxygens (including phenoxy) is 13. The largest absolute Gasteiger partial charge is 0.511 e. The Morgan fingerprint density at radius 3 is 2.01 bits per heavy atom. The number of esters is 2. The number of rotatable bonds is 14. The molecule has 1 amide bonds. The molecule has 10 aliphatic rings. The van der Waals surface area contributed by atoms with Crippen LogP contribution in [0.3, 0.4) is 0 Å². The first-order valence-electron chi connectivity index (χ1n) is 33.1. The molecule has 18 unspecified atom stereocenters. The monoisotopic (exact) mass is 1310 g/mol. The lowest BCUT2D eigenvalue weighted by Crippen LogP contribution is -2.65. The number of nitrogens with zero attached hydrogens (tertiary/aromatic N) is 1. The molecule has 29 atom stereocenters. The summed E-state index contributed by atoms with van der Waals surface area (Å²) in [5.74, 6) is -6.46. The third-order valence-electron chi connectivity index (χ3n) is 21.7. The third-order valence-corrected chi connectivity index (χ3v) is 21.7. The predicted molar refractivity (Wildman–Crippen MR) is 325 cm³/mol. The first-order valence-corrected chi connectivity index (χ1v) is 33.1. The van der Waals surface area contributed by atoms with Gasteiger partial charge in [0.05, 0.1) is 86.6 Å². The Morgan fingerprint density at radius 2 is 1.35 bits per heavy atom. The summed E-state index contributed by atoms with van der Waals surface area (Å²) in [6.45, 7) is 21.0. The summed E-state index contributed by atoms with van der Waals surface area (Å²) in [4.78, 5) is 80.4. The second-order valence-corrected chi connectivity index (χ2v) is 28.2.